The molecule has 0 radical (unpaired) electrons. The lowest BCUT2D eigenvalue weighted by Crippen LogP contribution is -2.32. The Morgan fingerprint density at radius 3 is 2.46 bits per heavy atom. The number of aliphatic imine (C=N–C) groups is 1. The molecule has 0 amide bonds. The minimum absolute atomic E-state index is 0.0720. The van der Waals surface area contributed by atoms with Crippen molar-refractivity contribution in [1.29, 1.82) is 0 Å². The molecular formula is C16H14BrFN2O2S2. The van der Waals surface area contributed by atoms with E-state index in [0.717, 1.165) is 22.2 Å². The van der Waals surface area contributed by atoms with Crippen molar-refractivity contribution in [3.8, 4) is 0 Å². The molecule has 1 aliphatic heterocycles. The number of nitrogens with zero attached hydrogens (tertiary/aromatic N) is 2. The Bertz CT molecular complexity index is 853. The maximum absolute atomic E-state index is 13.0. The van der Waals surface area contributed by atoms with Crippen molar-refractivity contribution in [2.75, 3.05) is 13.1 Å². The first-order valence-electron chi connectivity index (χ1n) is 7.17. The Morgan fingerprint density at radius 1 is 1.12 bits per heavy atom. The van der Waals surface area contributed by atoms with E-state index in [1.54, 1.807) is 0 Å². The summed E-state index contributed by atoms with van der Waals surface area (Å²) in [5, 5.41) is 0.474. The molecule has 0 atom stereocenters. The van der Waals surface area contributed by atoms with E-state index in [1.807, 2.05) is 24.3 Å². The normalized spacial score (nSPS) is 14.8. The molecule has 0 aliphatic carbocycles. The second-order valence-corrected chi connectivity index (χ2v) is 8.83. The van der Waals surface area contributed by atoms with Gasteiger partial charge in [-0.15, -0.1) is 0 Å². The summed E-state index contributed by atoms with van der Waals surface area (Å²) in [6.45, 7) is 0.742. The highest BCUT2D eigenvalue weighted by molar-refractivity contribution is 9.10. The third kappa shape index (κ3) is 3.81. The van der Waals surface area contributed by atoms with Crippen LogP contribution < -0.4 is 0 Å². The third-order valence-corrected chi connectivity index (χ3v) is 6.98. The number of sulfonamides is 1. The molecule has 3 rings (SSSR count). The van der Waals surface area contributed by atoms with E-state index in [2.05, 4.69) is 20.9 Å². The highest BCUT2D eigenvalue weighted by Gasteiger charge is 2.30. The molecule has 0 saturated carbocycles. The minimum atomic E-state index is -3.71. The fourth-order valence-corrected chi connectivity index (χ4v) is 5.16. The Hall–Kier alpha value is -1.38. The highest BCUT2D eigenvalue weighted by atomic mass is 79.9. The molecular weight excluding hydrogens is 415 g/mol. The summed E-state index contributed by atoms with van der Waals surface area (Å²) in [6.07, 6.45) is 0. The van der Waals surface area contributed by atoms with Crippen LogP contribution in [-0.2, 0) is 15.8 Å². The molecule has 8 heteroatoms. The van der Waals surface area contributed by atoms with Gasteiger partial charge in [0.25, 0.3) is 10.0 Å². The van der Waals surface area contributed by atoms with Gasteiger partial charge >= 0.3 is 0 Å². The van der Waals surface area contributed by atoms with Crippen molar-refractivity contribution >= 4 is 42.9 Å². The van der Waals surface area contributed by atoms with Gasteiger partial charge in [0, 0.05) is 10.2 Å². The number of hydrogen-bond donors (Lipinski definition) is 0. The molecule has 0 fully saturated rings. The van der Waals surface area contributed by atoms with Crippen molar-refractivity contribution in [1.82, 2.24) is 4.31 Å². The van der Waals surface area contributed by atoms with Gasteiger partial charge in [0.1, 0.15) is 5.82 Å². The van der Waals surface area contributed by atoms with Crippen molar-refractivity contribution in [3.05, 3.63) is 64.4 Å². The van der Waals surface area contributed by atoms with Gasteiger partial charge in [-0.05, 0) is 42.0 Å². The van der Waals surface area contributed by atoms with Crippen molar-refractivity contribution < 1.29 is 12.8 Å². The van der Waals surface area contributed by atoms with Crippen LogP contribution in [0.4, 0.5) is 4.39 Å². The first kappa shape index (κ1) is 17.4. The van der Waals surface area contributed by atoms with Gasteiger partial charge in [0.15, 0.2) is 5.17 Å². The van der Waals surface area contributed by atoms with Crippen LogP contribution in [0.15, 0.2) is 62.9 Å². The molecule has 2 aromatic rings. The molecule has 0 spiro atoms. The minimum Gasteiger partial charge on any atom is -0.260 e. The molecule has 4 nitrogen and oxygen atoms in total. The average molecular weight is 429 g/mol. The first-order valence-corrected chi connectivity index (χ1v) is 10.4. The Kier molecular flexibility index (Phi) is 5.27. The Balaban J connectivity index is 1.75. The number of benzene rings is 2. The molecule has 126 valence electrons. The van der Waals surface area contributed by atoms with Crippen LogP contribution in [0.25, 0.3) is 0 Å². The molecule has 0 bridgehead atoms. The van der Waals surface area contributed by atoms with E-state index in [4.69, 9.17) is 0 Å². The van der Waals surface area contributed by atoms with Crippen LogP contribution in [0.2, 0.25) is 0 Å². The van der Waals surface area contributed by atoms with Gasteiger partial charge in [-0.1, -0.05) is 39.8 Å². The quantitative estimate of drug-likeness (QED) is 0.741. The van der Waals surface area contributed by atoms with Crippen LogP contribution in [0, 0.1) is 5.82 Å². The Morgan fingerprint density at radius 2 is 1.79 bits per heavy atom. The van der Waals surface area contributed by atoms with Gasteiger partial charge in [0.2, 0.25) is 0 Å². The third-order valence-electron chi connectivity index (χ3n) is 3.45. The van der Waals surface area contributed by atoms with Crippen LogP contribution in [0.5, 0.6) is 0 Å². The summed E-state index contributed by atoms with van der Waals surface area (Å²) in [5.41, 5.74) is 1.08. The lowest BCUT2D eigenvalue weighted by molar-refractivity contribution is 0.539. The van der Waals surface area contributed by atoms with Crippen molar-refractivity contribution in [2.45, 2.75) is 10.6 Å². The first-order chi connectivity index (χ1) is 11.5. The van der Waals surface area contributed by atoms with Crippen LogP contribution in [0.1, 0.15) is 5.56 Å². The lowest BCUT2D eigenvalue weighted by Gasteiger charge is -2.19. The second-order valence-electron chi connectivity index (χ2n) is 5.11. The predicted octanol–water partition coefficient (Wildman–Crippen LogP) is 3.88. The van der Waals surface area contributed by atoms with Gasteiger partial charge in [-0.25, -0.2) is 17.1 Å². The number of rotatable bonds is 4. The molecule has 0 unspecified atom stereocenters. The topological polar surface area (TPSA) is 49.7 Å². The molecule has 1 aliphatic rings. The van der Waals surface area contributed by atoms with Crippen LogP contribution >= 0.6 is 27.7 Å². The highest BCUT2D eigenvalue weighted by Crippen LogP contribution is 2.26. The zero-order chi connectivity index (χ0) is 17.2. The summed E-state index contributed by atoms with van der Waals surface area (Å²) >= 11 is 4.77. The SMILES string of the molecule is O=S(=O)(c1ccc(F)cc1)N1CCN=C1SCc1ccc(Br)cc1. The summed E-state index contributed by atoms with van der Waals surface area (Å²) < 4.78 is 40.7. The van der Waals surface area contributed by atoms with E-state index in [1.165, 1.54) is 28.2 Å². The Labute approximate surface area is 153 Å². The average Bonchev–Trinajstić information content (AvgIpc) is 3.04. The smallest absolute Gasteiger partial charge is 0.260 e. The van der Waals surface area contributed by atoms with E-state index in [9.17, 15) is 12.8 Å². The monoisotopic (exact) mass is 428 g/mol. The maximum atomic E-state index is 13.0. The number of halogens is 2. The predicted molar refractivity (Wildman–Crippen MR) is 98.0 cm³/mol. The summed E-state index contributed by atoms with van der Waals surface area (Å²) in [6, 6.07) is 12.7. The molecule has 2 aromatic carbocycles. The second kappa shape index (κ2) is 7.25. The fourth-order valence-electron chi connectivity index (χ4n) is 2.21. The zero-order valence-corrected chi connectivity index (χ0v) is 15.7. The van der Waals surface area contributed by atoms with Gasteiger partial charge in [0.05, 0.1) is 18.0 Å². The lowest BCUT2D eigenvalue weighted by atomic mass is 10.2. The molecule has 0 N–H and O–H groups in total. The summed E-state index contributed by atoms with van der Waals surface area (Å²) in [5.74, 6) is 0.163. The summed E-state index contributed by atoms with van der Waals surface area (Å²) in [4.78, 5) is 4.37. The molecule has 24 heavy (non-hydrogen) atoms. The number of hydrogen-bond acceptors (Lipinski definition) is 4. The van der Waals surface area contributed by atoms with Crippen LogP contribution in [-0.4, -0.2) is 31.0 Å². The van der Waals surface area contributed by atoms with Crippen LogP contribution in [0.3, 0.4) is 0 Å². The van der Waals surface area contributed by atoms with E-state index >= 15 is 0 Å². The van der Waals surface area contributed by atoms with Gasteiger partial charge in [-0.2, -0.15) is 0 Å². The number of amidine groups is 1. The fraction of sp³-hybridized carbons (Fsp3) is 0.188. The van der Waals surface area contributed by atoms with Gasteiger partial charge in [-0.3, -0.25) is 4.99 Å². The number of thioether (sulfide) groups is 1. The molecule has 0 aromatic heterocycles. The zero-order valence-electron chi connectivity index (χ0n) is 12.5. The summed E-state index contributed by atoms with van der Waals surface area (Å²) in [7, 11) is -3.71. The standard InChI is InChI=1S/C16H14BrFN2O2S2/c17-13-3-1-12(2-4-13)11-23-16-19-9-10-20(16)24(21,22)15-7-5-14(18)6-8-15/h1-8H,9-11H2. The van der Waals surface area contributed by atoms with Crippen molar-refractivity contribution in [2.24, 2.45) is 4.99 Å². The molecule has 0 saturated heterocycles. The molecule has 1 heterocycles. The van der Waals surface area contributed by atoms with E-state index in [-0.39, 0.29) is 4.90 Å². The van der Waals surface area contributed by atoms with Crippen molar-refractivity contribution in [3.63, 3.8) is 0 Å². The van der Waals surface area contributed by atoms with E-state index in [0.29, 0.717) is 24.0 Å². The van der Waals surface area contributed by atoms with E-state index < -0.39 is 15.8 Å². The van der Waals surface area contributed by atoms with Gasteiger partial charge < -0.3 is 0 Å². The largest absolute Gasteiger partial charge is 0.265 e. The maximum Gasteiger partial charge on any atom is 0.265 e.